The normalized spacial score (nSPS) is 10.3. The highest BCUT2D eigenvalue weighted by Gasteiger charge is 2.13. The van der Waals surface area contributed by atoms with Crippen molar-refractivity contribution in [3.63, 3.8) is 0 Å². The van der Waals surface area contributed by atoms with Crippen LogP contribution in [-0.4, -0.2) is 13.0 Å². The predicted molar refractivity (Wildman–Crippen MR) is 87.2 cm³/mol. The smallest absolute Gasteiger partial charge is 0.255 e. The van der Waals surface area contributed by atoms with Crippen molar-refractivity contribution in [1.82, 2.24) is 0 Å². The predicted octanol–water partition coefficient (Wildman–Crippen LogP) is 5.22. The van der Waals surface area contributed by atoms with Crippen LogP contribution in [0, 0.1) is 6.92 Å². The van der Waals surface area contributed by atoms with Crippen LogP contribution in [0.25, 0.3) is 0 Å². The molecule has 0 aliphatic carbocycles. The van der Waals surface area contributed by atoms with Crippen LogP contribution in [0.15, 0.2) is 30.3 Å². The van der Waals surface area contributed by atoms with Crippen LogP contribution in [0.4, 0.5) is 5.69 Å². The number of anilines is 1. The average molecular weight is 345 g/mol. The second kappa shape index (κ2) is 6.56. The van der Waals surface area contributed by atoms with Gasteiger partial charge in [0.25, 0.3) is 5.91 Å². The van der Waals surface area contributed by atoms with Gasteiger partial charge in [-0.25, -0.2) is 0 Å². The summed E-state index contributed by atoms with van der Waals surface area (Å²) in [4.78, 5) is 12.3. The fourth-order valence-corrected chi connectivity index (χ4v) is 2.49. The summed E-state index contributed by atoms with van der Waals surface area (Å²) in [6, 6.07) is 8.03. The van der Waals surface area contributed by atoms with E-state index < -0.39 is 0 Å². The quantitative estimate of drug-likeness (QED) is 0.829. The number of methoxy groups -OCH3 is 1. The van der Waals surface area contributed by atoms with E-state index in [0.29, 0.717) is 32.1 Å². The first-order chi connectivity index (χ1) is 9.90. The Balaban J connectivity index is 2.33. The summed E-state index contributed by atoms with van der Waals surface area (Å²) >= 11 is 17.8. The van der Waals surface area contributed by atoms with Crippen LogP contribution < -0.4 is 10.1 Å². The van der Waals surface area contributed by atoms with E-state index in [2.05, 4.69) is 5.32 Å². The second-order valence-corrected chi connectivity index (χ2v) is 5.69. The Hall–Kier alpha value is -1.42. The van der Waals surface area contributed by atoms with Crippen LogP contribution in [0.5, 0.6) is 5.75 Å². The van der Waals surface area contributed by atoms with E-state index in [-0.39, 0.29) is 5.91 Å². The van der Waals surface area contributed by atoms with Gasteiger partial charge in [0, 0.05) is 26.7 Å². The van der Waals surface area contributed by atoms with Gasteiger partial charge in [0.15, 0.2) is 0 Å². The van der Waals surface area contributed by atoms with E-state index in [1.54, 1.807) is 18.2 Å². The maximum atomic E-state index is 12.3. The minimum absolute atomic E-state index is 0.334. The molecule has 3 nitrogen and oxygen atoms in total. The highest BCUT2D eigenvalue weighted by atomic mass is 35.5. The number of carbonyl (C=O) groups excluding carboxylic acids is 1. The van der Waals surface area contributed by atoms with E-state index in [1.165, 1.54) is 19.2 Å². The lowest BCUT2D eigenvalue weighted by Gasteiger charge is -2.12. The lowest BCUT2D eigenvalue weighted by molar-refractivity contribution is 0.102. The number of amides is 1. The summed E-state index contributed by atoms with van der Waals surface area (Å²) in [6.07, 6.45) is 0. The Bertz CT molecular complexity index is 681. The molecule has 1 amide bonds. The molecule has 0 fully saturated rings. The first-order valence-electron chi connectivity index (χ1n) is 6.02. The number of nitrogens with one attached hydrogen (secondary N) is 1. The zero-order valence-corrected chi connectivity index (χ0v) is 13.6. The third-order valence-corrected chi connectivity index (χ3v) is 3.70. The van der Waals surface area contributed by atoms with Gasteiger partial charge in [-0.2, -0.15) is 0 Å². The molecule has 0 radical (unpaired) electrons. The third-order valence-electron chi connectivity index (χ3n) is 2.85. The van der Waals surface area contributed by atoms with Crippen molar-refractivity contribution in [3.8, 4) is 5.75 Å². The number of aryl methyl sites for hydroxylation is 1. The molecule has 2 aromatic carbocycles. The van der Waals surface area contributed by atoms with Crippen molar-refractivity contribution in [3.05, 3.63) is 56.5 Å². The maximum Gasteiger partial charge on any atom is 0.255 e. The van der Waals surface area contributed by atoms with E-state index in [0.717, 1.165) is 5.56 Å². The lowest BCUT2D eigenvalue weighted by Crippen LogP contribution is -2.13. The van der Waals surface area contributed by atoms with E-state index >= 15 is 0 Å². The Morgan fingerprint density at radius 3 is 2.24 bits per heavy atom. The summed E-state index contributed by atoms with van der Waals surface area (Å²) in [5.41, 5.74) is 1.72. The van der Waals surface area contributed by atoms with Gasteiger partial charge in [-0.15, -0.1) is 0 Å². The van der Waals surface area contributed by atoms with Crippen LogP contribution in [-0.2, 0) is 0 Å². The number of rotatable bonds is 3. The number of benzene rings is 2. The largest absolute Gasteiger partial charge is 0.495 e. The topological polar surface area (TPSA) is 38.3 Å². The maximum absolute atomic E-state index is 12.3. The zero-order chi connectivity index (χ0) is 15.6. The highest BCUT2D eigenvalue weighted by molar-refractivity contribution is 6.35. The SMILES string of the molecule is COc1cc(Cl)c(C)cc1NC(=O)c1cc(Cl)cc(Cl)c1. The Morgan fingerprint density at radius 1 is 1.05 bits per heavy atom. The average Bonchev–Trinajstić information content (AvgIpc) is 2.41. The van der Waals surface area contributed by atoms with Gasteiger partial charge in [-0.05, 0) is 36.8 Å². The van der Waals surface area contributed by atoms with Gasteiger partial charge in [-0.3, -0.25) is 4.79 Å². The molecule has 6 heteroatoms. The number of halogens is 3. The van der Waals surface area contributed by atoms with E-state index in [4.69, 9.17) is 39.5 Å². The van der Waals surface area contributed by atoms with E-state index in [1.807, 2.05) is 6.92 Å². The molecule has 0 aliphatic rings. The van der Waals surface area contributed by atoms with Gasteiger partial charge < -0.3 is 10.1 Å². The summed E-state index contributed by atoms with van der Waals surface area (Å²) in [7, 11) is 1.51. The van der Waals surface area contributed by atoms with Crippen molar-refractivity contribution in [2.24, 2.45) is 0 Å². The molecule has 21 heavy (non-hydrogen) atoms. The van der Waals surface area contributed by atoms with Crippen LogP contribution in [0.2, 0.25) is 15.1 Å². The van der Waals surface area contributed by atoms with Crippen LogP contribution in [0.1, 0.15) is 15.9 Å². The van der Waals surface area contributed by atoms with Crippen LogP contribution in [0.3, 0.4) is 0 Å². The first kappa shape index (κ1) is 16.0. The molecule has 0 atom stereocenters. The third kappa shape index (κ3) is 3.82. The monoisotopic (exact) mass is 343 g/mol. The number of ether oxygens (including phenoxy) is 1. The molecule has 0 spiro atoms. The molecule has 0 saturated carbocycles. The number of hydrogen-bond donors (Lipinski definition) is 1. The molecule has 0 bridgehead atoms. The van der Waals surface area contributed by atoms with Crippen molar-refractivity contribution >= 4 is 46.4 Å². The van der Waals surface area contributed by atoms with Crippen molar-refractivity contribution in [2.45, 2.75) is 6.92 Å². The zero-order valence-electron chi connectivity index (χ0n) is 11.3. The van der Waals surface area contributed by atoms with Gasteiger partial charge in [0.1, 0.15) is 5.75 Å². The van der Waals surface area contributed by atoms with Gasteiger partial charge in [-0.1, -0.05) is 34.8 Å². The summed E-state index contributed by atoms with van der Waals surface area (Å²) in [5.74, 6) is 0.145. The molecule has 110 valence electrons. The van der Waals surface area contributed by atoms with Crippen LogP contribution >= 0.6 is 34.8 Å². The first-order valence-corrected chi connectivity index (χ1v) is 7.15. The molecule has 0 aromatic heterocycles. The fraction of sp³-hybridized carbons (Fsp3) is 0.133. The van der Waals surface area contributed by atoms with Crippen molar-refractivity contribution in [1.29, 1.82) is 0 Å². The van der Waals surface area contributed by atoms with Gasteiger partial charge in [0.05, 0.1) is 12.8 Å². The second-order valence-electron chi connectivity index (χ2n) is 4.41. The minimum Gasteiger partial charge on any atom is -0.495 e. The molecular formula is C15H12Cl3NO2. The number of carbonyl (C=O) groups is 1. The van der Waals surface area contributed by atoms with E-state index in [9.17, 15) is 4.79 Å². The molecule has 2 aromatic rings. The molecular weight excluding hydrogens is 333 g/mol. The lowest BCUT2D eigenvalue weighted by atomic mass is 10.1. The minimum atomic E-state index is -0.334. The summed E-state index contributed by atoms with van der Waals surface area (Å²) < 4.78 is 5.21. The molecule has 0 unspecified atom stereocenters. The fourth-order valence-electron chi connectivity index (χ4n) is 1.81. The molecule has 0 aliphatic heterocycles. The molecule has 1 N–H and O–H groups in total. The Morgan fingerprint density at radius 2 is 1.67 bits per heavy atom. The van der Waals surface area contributed by atoms with Gasteiger partial charge >= 0.3 is 0 Å². The summed E-state index contributed by atoms with van der Waals surface area (Å²) in [5, 5.41) is 4.12. The molecule has 0 saturated heterocycles. The molecule has 2 rings (SSSR count). The highest BCUT2D eigenvalue weighted by Crippen LogP contribution is 2.31. The standard InChI is InChI=1S/C15H12Cl3NO2/c1-8-3-13(14(21-2)7-12(8)18)19-15(20)9-4-10(16)6-11(17)5-9/h3-7H,1-2H3,(H,19,20). The Kier molecular flexibility index (Phi) is 4.99. The van der Waals surface area contributed by atoms with Crippen molar-refractivity contribution in [2.75, 3.05) is 12.4 Å². The number of hydrogen-bond acceptors (Lipinski definition) is 2. The van der Waals surface area contributed by atoms with Crippen molar-refractivity contribution < 1.29 is 9.53 Å². The van der Waals surface area contributed by atoms with Gasteiger partial charge in [0.2, 0.25) is 0 Å². The summed E-state index contributed by atoms with van der Waals surface area (Å²) in [6.45, 7) is 1.84. The molecule has 0 heterocycles. The Labute approximate surface area is 137 Å².